The van der Waals surface area contributed by atoms with Crippen molar-refractivity contribution in [3.8, 4) is 0 Å². The lowest BCUT2D eigenvalue weighted by Crippen LogP contribution is -2.08. The molecule has 0 heterocycles. The maximum absolute atomic E-state index is 5.95. The summed E-state index contributed by atoms with van der Waals surface area (Å²) in [5, 5.41) is 0.829. The number of halogens is 1. The highest BCUT2D eigenvalue weighted by molar-refractivity contribution is 6.31. The highest BCUT2D eigenvalue weighted by Crippen LogP contribution is 2.49. The second-order valence-corrected chi connectivity index (χ2v) is 4.07. The molecule has 0 aliphatic heterocycles. The molecule has 0 unspecified atom stereocenters. The monoisotopic (exact) mass is 196 g/mol. The first-order chi connectivity index (χ1) is 6.18. The zero-order valence-electron chi connectivity index (χ0n) is 7.93. The van der Waals surface area contributed by atoms with E-state index >= 15 is 0 Å². The maximum atomic E-state index is 5.95. The molecule has 70 valence electrons. The number of methoxy groups -OCH3 is 1. The van der Waals surface area contributed by atoms with Gasteiger partial charge in [0.1, 0.15) is 0 Å². The maximum Gasteiger partial charge on any atom is 0.0930 e. The van der Waals surface area contributed by atoms with Crippen LogP contribution in [0.1, 0.15) is 24.0 Å². The van der Waals surface area contributed by atoms with Crippen LogP contribution in [0.3, 0.4) is 0 Å². The first-order valence-electron chi connectivity index (χ1n) is 4.50. The first-order valence-corrected chi connectivity index (χ1v) is 4.87. The van der Waals surface area contributed by atoms with Crippen LogP contribution in [0, 0.1) is 6.92 Å². The van der Waals surface area contributed by atoms with Gasteiger partial charge >= 0.3 is 0 Å². The lowest BCUT2D eigenvalue weighted by Gasteiger charge is -2.14. The molecule has 1 nitrogen and oxygen atoms in total. The zero-order chi connectivity index (χ0) is 9.47. The number of hydrogen-bond acceptors (Lipinski definition) is 1. The summed E-state index contributed by atoms with van der Waals surface area (Å²) in [7, 11) is 1.77. The highest BCUT2D eigenvalue weighted by atomic mass is 35.5. The summed E-state index contributed by atoms with van der Waals surface area (Å²) in [6.07, 6.45) is 2.26. The Morgan fingerprint density at radius 1 is 1.38 bits per heavy atom. The molecule has 0 radical (unpaired) electrons. The first kappa shape index (κ1) is 9.04. The third-order valence-corrected chi connectivity index (χ3v) is 3.20. The van der Waals surface area contributed by atoms with Gasteiger partial charge in [0.2, 0.25) is 0 Å². The molecule has 0 N–H and O–H groups in total. The van der Waals surface area contributed by atoms with E-state index in [0.717, 1.165) is 23.4 Å². The third kappa shape index (κ3) is 1.47. The fraction of sp³-hybridized carbons (Fsp3) is 0.455. The molecule has 0 amide bonds. The number of ether oxygens (including phenoxy) is 1. The molecule has 0 aromatic heterocycles. The van der Waals surface area contributed by atoms with Gasteiger partial charge in [0.25, 0.3) is 0 Å². The Kier molecular flexibility index (Phi) is 2.09. The van der Waals surface area contributed by atoms with Gasteiger partial charge in [-0.15, -0.1) is 0 Å². The molecule has 1 saturated carbocycles. The summed E-state index contributed by atoms with van der Waals surface area (Å²) in [5.41, 5.74) is 2.40. The van der Waals surface area contributed by atoms with Crippen LogP contribution < -0.4 is 0 Å². The molecule has 0 saturated heterocycles. The summed E-state index contributed by atoms with van der Waals surface area (Å²) in [6.45, 7) is 2.03. The number of aryl methyl sites for hydroxylation is 1. The van der Waals surface area contributed by atoms with Crippen molar-refractivity contribution in [2.24, 2.45) is 0 Å². The van der Waals surface area contributed by atoms with Gasteiger partial charge in [-0.05, 0) is 37.0 Å². The van der Waals surface area contributed by atoms with Crippen LogP contribution in [-0.4, -0.2) is 7.11 Å². The molecule has 0 atom stereocenters. The number of benzene rings is 1. The minimum atomic E-state index is 0.00927. The van der Waals surface area contributed by atoms with Gasteiger partial charge in [-0.3, -0.25) is 0 Å². The van der Waals surface area contributed by atoms with Crippen LogP contribution in [0.15, 0.2) is 18.2 Å². The molecule has 13 heavy (non-hydrogen) atoms. The lowest BCUT2D eigenvalue weighted by molar-refractivity contribution is 0.0789. The van der Waals surface area contributed by atoms with Crippen molar-refractivity contribution in [1.29, 1.82) is 0 Å². The standard InChI is InChI=1S/C11H13ClO/c1-8-7-9(3-4-10(8)12)11(13-2)5-6-11/h3-4,7H,5-6H2,1-2H3. The van der Waals surface area contributed by atoms with E-state index in [0.29, 0.717) is 0 Å². The molecule has 0 bridgehead atoms. The van der Waals surface area contributed by atoms with Crippen molar-refractivity contribution in [3.05, 3.63) is 34.3 Å². The Labute approximate surface area is 83.7 Å². The topological polar surface area (TPSA) is 9.23 Å². The quantitative estimate of drug-likeness (QED) is 0.706. The van der Waals surface area contributed by atoms with Crippen LogP contribution in [0.4, 0.5) is 0 Å². The molecular formula is C11H13ClO. The van der Waals surface area contributed by atoms with Gasteiger partial charge in [-0.25, -0.2) is 0 Å². The third-order valence-electron chi connectivity index (χ3n) is 2.78. The van der Waals surface area contributed by atoms with Gasteiger partial charge in [0.15, 0.2) is 0 Å². The summed E-state index contributed by atoms with van der Waals surface area (Å²) < 4.78 is 5.49. The van der Waals surface area contributed by atoms with E-state index in [9.17, 15) is 0 Å². The normalized spacial score (nSPS) is 18.7. The second kappa shape index (κ2) is 3.00. The Hall–Kier alpha value is -0.530. The van der Waals surface area contributed by atoms with Crippen molar-refractivity contribution in [3.63, 3.8) is 0 Å². The van der Waals surface area contributed by atoms with E-state index in [2.05, 4.69) is 12.1 Å². The summed E-state index contributed by atoms with van der Waals surface area (Å²) in [6, 6.07) is 6.13. The van der Waals surface area contributed by atoms with Gasteiger partial charge in [0.05, 0.1) is 5.60 Å². The molecule has 0 spiro atoms. The van der Waals surface area contributed by atoms with Crippen molar-refractivity contribution in [2.75, 3.05) is 7.11 Å². The summed E-state index contributed by atoms with van der Waals surface area (Å²) >= 11 is 5.95. The van der Waals surface area contributed by atoms with Crippen molar-refractivity contribution in [1.82, 2.24) is 0 Å². The average molecular weight is 197 g/mol. The molecule has 1 fully saturated rings. The van der Waals surface area contributed by atoms with E-state index in [4.69, 9.17) is 16.3 Å². The van der Waals surface area contributed by atoms with Crippen molar-refractivity contribution < 1.29 is 4.74 Å². The Morgan fingerprint density at radius 2 is 2.08 bits per heavy atom. The smallest absolute Gasteiger partial charge is 0.0930 e. The summed E-state index contributed by atoms with van der Waals surface area (Å²) in [5.74, 6) is 0. The molecule has 1 aromatic rings. The van der Waals surface area contributed by atoms with Gasteiger partial charge in [0, 0.05) is 12.1 Å². The van der Waals surface area contributed by atoms with Crippen molar-refractivity contribution in [2.45, 2.75) is 25.4 Å². The fourth-order valence-electron chi connectivity index (χ4n) is 1.65. The van der Waals surface area contributed by atoms with Gasteiger partial charge in [-0.1, -0.05) is 23.7 Å². The minimum Gasteiger partial charge on any atom is -0.374 e. The SMILES string of the molecule is COC1(c2ccc(Cl)c(C)c2)CC1. The Balaban J connectivity index is 2.37. The van der Waals surface area contributed by atoms with E-state index in [1.165, 1.54) is 5.56 Å². The summed E-state index contributed by atoms with van der Waals surface area (Å²) in [4.78, 5) is 0. The van der Waals surface area contributed by atoms with E-state index in [1.807, 2.05) is 13.0 Å². The predicted octanol–water partition coefficient (Wildman–Crippen LogP) is 3.28. The van der Waals surface area contributed by atoms with Crippen LogP contribution in [0.5, 0.6) is 0 Å². The highest BCUT2D eigenvalue weighted by Gasteiger charge is 2.44. The number of hydrogen-bond donors (Lipinski definition) is 0. The zero-order valence-corrected chi connectivity index (χ0v) is 8.69. The molecular weight excluding hydrogens is 184 g/mol. The molecule has 1 aliphatic rings. The average Bonchev–Trinajstić information content (AvgIpc) is 2.90. The van der Waals surface area contributed by atoms with Crippen LogP contribution in [0.25, 0.3) is 0 Å². The minimum absolute atomic E-state index is 0.00927. The number of rotatable bonds is 2. The van der Waals surface area contributed by atoms with Crippen LogP contribution in [0.2, 0.25) is 5.02 Å². The van der Waals surface area contributed by atoms with Gasteiger partial charge < -0.3 is 4.74 Å². The Morgan fingerprint density at radius 3 is 2.54 bits per heavy atom. The van der Waals surface area contributed by atoms with Crippen LogP contribution >= 0.6 is 11.6 Å². The molecule has 1 aliphatic carbocycles. The molecule has 2 heteroatoms. The van der Waals surface area contributed by atoms with E-state index in [-0.39, 0.29) is 5.60 Å². The second-order valence-electron chi connectivity index (χ2n) is 3.66. The fourth-order valence-corrected chi connectivity index (χ4v) is 1.77. The van der Waals surface area contributed by atoms with Crippen LogP contribution in [-0.2, 0) is 10.3 Å². The van der Waals surface area contributed by atoms with Crippen molar-refractivity contribution >= 4 is 11.6 Å². The molecule has 2 rings (SSSR count). The van der Waals surface area contributed by atoms with E-state index < -0.39 is 0 Å². The lowest BCUT2D eigenvalue weighted by atomic mass is 10.1. The van der Waals surface area contributed by atoms with Gasteiger partial charge in [-0.2, -0.15) is 0 Å². The molecule has 1 aromatic carbocycles. The Bertz CT molecular complexity index is 329. The van der Waals surface area contributed by atoms with E-state index in [1.54, 1.807) is 7.11 Å². The predicted molar refractivity (Wildman–Crippen MR) is 54.1 cm³/mol. The largest absolute Gasteiger partial charge is 0.374 e.